The molecule has 1 rings (SSSR count). The molecule has 0 heterocycles. The summed E-state index contributed by atoms with van der Waals surface area (Å²) in [6.45, 7) is -3.00. The summed E-state index contributed by atoms with van der Waals surface area (Å²) < 4.78 is 33.9. The van der Waals surface area contributed by atoms with E-state index in [0.29, 0.717) is 0 Å². The van der Waals surface area contributed by atoms with Crippen LogP contribution in [0.25, 0.3) is 0 Å². The molecular weight excluding hydrogens is 254 g/mol. The first-order valence-corrected chi connectivity index (χ1v) is 4.16. The van der Waals surface area contributed by atoms with Gasteiger partial charge in [-0.25, -0.2) is 0 Å². The van der Waals surface area contributed by atoms with Crippen molar-refractivity contribution in [2.45, 2.75) is 6.56 Å². The second-order valence-electron chi connectivity index (χ2n) is 2.19. The molecule has 0 saturated heterocycles. The van der Waals surface area contributed by atoms with Crippen molar-refractivity contribution in [1.29, 1.82) is 0 Å². The van der Waals surface area contributed by atoms with E-state index in [1.54, 1.807) is 0 Å². The zero-order chi connectivity index (χ0) is 14.2. The Morgan fingerprint density at radius 3 is 2.93 bits per heavy atom. The molecule has 0 unspecified atom stereocenters. The molecule has 0 radical (unpaired) electrons. The van der Waals surface area contributed by atoms with Crippen molar-refractivity contribution < 1.29 is 20.2 Å². The lowest BCUT2D eigenvalue weighted by Crippen LogP contribution is -1.98. The maximum atomic E-state index is 10.9. The van der Waals surface area contributed by atoms with Crippen LogP contribution in [0.1, 0.15) is 11.0 Å². The van der Waals surface area contributed by atoms with Crippen LogP contribution >= 0.6 is 15.9 Å². The number of nitro groups is 1. The Kier molecular flexibility index (Phi) is 1.99. The van der Waals surface area contributed by atoms with Gasteiger partial charge < -0.3 is 9.84 Å². The van der Waals surface area contributed by atoms with Crippen molar-refractivity contribution in [2.24, 2.45) is 0 Å². The Labute approximate surface area is 94.2 Å². The summed E-state index contributed by atoms with van der Waals surface area (Å²) in [6, 6.07) is -1.19. The predicted molar refractivity (Wildman–Crippen MR) is 53.3 cm³/mol. The molecule has 1 aromatic carbocycles. The van der Waals surface area contributed by atoms with Gasteiger partial charge in [0.2, 0.25) is 5.75 Å². The molecule has 0 bridgehead atoms. The lowest BCUT2D eigenvalue weighted by molar-refractivity contribution is -0.385. The molecule has 0 aliphatic carbocycles. The fraction of sp³-hybridized carbons (Fsp3) is 0.250. The number of nitro benzene ring substituents is 1. The Balaban J connectivity index is 3.87. The average molecular weight is 266 g/mol. The second kappa shape index (κ2) is 4.39. The maximum Gasteiger partial charge on any atom is 0.312 e. The van der Waals surface area contributed by atoms with Crippen LogP contribution in [-0.4, -0.2) is 17.1 Å². The van der Waals surface area contributed by atoms with E-state index in [4.69, 9.17) is 5.48 Å². The Morgan fingerprint density at radius 1 is 1.86 bits per heavy atom. The van der Waals surface area contributed by atoms with E-state index in [-0.39, 0.29) is 4.47 Å². The summed E-state index contributed by atoms with van der Waals surface area (Å²) in [7, 11) is 1.03. The maximum absolute atomic E-state index is 10.9. The van der Waals surface area contributed by atoms with Crippen LogP contribution in [0, 0.1) is 10.1 Å². The largest absolute Gasteiger partial charge is 0.490 e. The molecule has 5 nitrogen and oxygen atoms in total. The van der Waals surface area contributed by atoms with Crippen molar-refractivity contribution in [2.75, 3.05) is 7.11 Å². The van der Waals surface area contributed by atoms with Crippen molar-refractivity contribution in [3.05, 3.63) is 32.2 Å². The second-order valence-corrected chi connectivity index (χ2v) is 2.98. The highest BCUT2D eigenvalue weighted by atomic mass is 79.9. The molecule has 6 heteroatoms. The molecule has 0 atom stereocenters. The Morgan fingerprint density at radius 2 is 2.50 bits per heavy atom. The lowest BCUT2D eigenvalue weighted by atomic mass is 10.2. The van der Waals surface area contributed by atoms with Crippen LogP contribution < -0.4 is 4.74 Å². The van der Waals surface area contributed by atoms with Gasteiger partial charge in [0, 0.05) is 16.1 Å². The number of ether oxygens (including phenoxy) is 1. The van der Waals surface area contributed by atoms with Gasteiger partial charge in [0.25, 0.3) is 0 Å². The minimum atomic E-state index is -3.00. The molecule has 0 fully saturated rings. The number of rotatable bonds is 3. The Bertz CT molecular complexity index is 517. The van der Waals surface area contributed by atoms with E-state index in [0.717, 1.165) is 7.11 Å². The van der Waals surface area contributed by atoms with Gasteiger partial charge in [-0.15, -0.1) is 0 Å². The van der Waals surface area contributed by atoms with Gasteiger partial charge in [-0.3, -0.25) is 10.1 Å². The highest BCUT2D eigenvalue weighted by Crippen LogP contribution is 2.34. The fourth-order valence-electron chi connectivity index (χ4n) is 0.883. The van der Waals surface area contributed by atoms with Crippen LogP contribution in [-0.2, 0) is 6.56 Å². The first-order chi connectivity index (χ1) is 8.12. The van der Waals surface area contributed by atoms with Crippen LogP contribution in [0.2, 0.25) is 0 Å². The van der Waals surface area contributed by atoms with Crippen molar-refractivity contribution in [1.82, 2.24) is 0 Å². The number of halogens is 1. The standard InChI is InChI=1S/C8H8BrNO4/c1-14-8-5(4-11)2-6(9)3-7(8)10(12)13/h2-3,11H,4H2,1H3/i2D,3D,4D2. The smallest absolute Gasteiger partial charge is 0.312 e. The number of hydrogen-bond acceptors (Lipinski definition) is 4. The fourth-order valence-corrected chi connectivity index (χ4v) is 1.27. The van der Waals surface area contributed by atoms with E-state index < -0.39 is 40.6 Å². The number of hydrogen-bond donors (Lipinski definition) is 1. The topological polar surface area (TPSA) is 72.6 Å². The van der Waals surface area contributed by atoms with Crippen molar-refractivity contribution in [3.8, 4) is 5.75 Å². The number of methoxy groups -OCH3 is 1. The third-order valence-electron chi connectivity index (χ3n) is 1.40. The third kappa shape index (κ3) is 2.02. The van der Waals surface area contributed by atoms with Crippen LogP contribution in [0.4, 0.5) is 5.69 Å². The Hall–Kier alpha value is -1.14. The minimum Gasteiger partial charge on any atom is -0.490 e. The molecule has 0 saturated carbocycles. The van der Waals surface area contributed by atoms with E-state index >= 15 is 0 Å². The van der Waals surface area contributed by atoms with Gasteiger partial charge in [0.05, 0.1) is 24.1 Å². The molecule has 14 heavy (non-hydrogen) atoms. The van der Waals surface area contributed by atoms with E-state index in [1.165, 1.54) is 0 Å². The van der Waals surface area contributed by atoms with Gasteiger partial charge in [-0.1, -0.05) is 15.9 Å². The molecule has 0 spiro atoms. The molecule has 1 N–H and O–H groups in total. The summed E-state index contributed by atoms with van der Waals surface area (Å²) in [5.74, 6) is -0.634. The monoisotopic (exact) mass is 265 g/mol. The summed E-state index contributed by atoms with van der Waals surface area (Å²) in [5, 5.41) is 20.2. The van der Waals surface area contributed by atoms with Crippen LogP contribution in [0.5, 0.6) is 5.75 Å². The molecule has 0 aliphatic heterocycles. The number of nitrogens with zero attached hydrogens (tertiary/aromatic N) is 1. The number of aliphatic hydroxyl groups is 1. The minimum absolute atomic E-state index is 0.289. The molecule has 76 valence electrons. The number of benzene rings is 1. The van der Waals surface area contributed by atoms with Gasteiger partial charge in [0.1, 0.15) is 0 Å². The van der Waals surface area contributed by atoms with Gasteiger partial charge >= 0.3 is 5.69 Å². The van der Waals surface area contributed by atoms with E-state index in [1.807, 2.05) is 0 Å². The van der Waals surface area contributed by atoms with Crippen molar-refractivity contribution >= 4 is 21.6 Å². The molecule has 0 aromatic heterocycles. The van der Waals surface area contributed by atoms with Gasteiger partial charge in [0.15, 0.2) is 0 Å². The highest BCUT2D eigenvalue weighted by molar-refractivity contribution is 9.10. The van der Waals surface area contributed by atoms with Gasteiger partial charge in [-0.2, -0.15) is 0 Å². The third-order valence-corrected chi connectivity index (χ3v) is 1.80. The van der Waals surface area contributed by atoms with E-state index in [2.05, 4.69) is 20.7 Å². The molecule has 0 amide bonds. The van der Waals surface area contributed by atoms with Crippen LogP contribution in [0.15, 0.2) is 16.6 Å². The van der Waals surface area contributed by atoms with Crippen molar-refractivity contribution in [3.63, 3.8) is 0 Å². The van der Waals surface area contributed by atoms with E-state index in [9.17, 15) is 15.2 Å². The van der Waals surface area contributed by atoms with Crippen LogP contribution in [0.3, 0.4) is 0 Å². The predicted octanol–water partition coefficient (Wildman–Crippen LogP) is 1.86. The zero-order valence-electron chi connectivity index (χ0n) is 11.0. The normalized spacial score (nSPS) is 15.1. The summed E-state index contributed by atoms with van der Waals surface area (Å²) in [6.07, 6.45) is 0. The molecular formula is C8H8BrNO4. The zero-order valence-corrected chi connectivity index (χ0v) is 8.58. The SMILES string of the molecule is [2H]c1c(Br)c([2H])c(C([2H])([2H])O)c(OC)c1[N+](=O)[O-]. The highest BCUT2D eigenvalue weighted by Gasteiger charge is 2.19. The molecule has 0 aliphatic rings. The molecule has 1 aromatic rings. The first-order valence-electron chi connectivity index (χ1n) is 5.36. The summed E-state index contributed by atoms with van der Waals surface area (Å²) in [5.41, 5.74) is -1.51. The lowest BCUT2D eigenvalue weighted by Gasteiger charge is -2.06. The van der Waals surface area contributed by atoms with Gasteiger partial charge in [-0.05, 0) is 6.04 Å². The first kappa shape index (κ1) is 6.36. The quantitative estimate of drug-likeness (QED) is 0.669. The summed E-state index contributed by atoms with van der Waals surface area (Å²) in [4.78, 5) is 9.93. The average Bonchev–Trinajstić information content (AvgIpc) is 2.22. The summed E-state index contributed by atoms with van der Waals surface area (Å²) >= 11 is 2.79.